The largest absolute Gasteiger partial charge is 0.493 e. The van der Waals surface area contributed by atoms with Crippen LogP contribution in [0.25, 0.3) is 0 Å². The Bertz CT molecular complexity index is 1340. The summed E-state index contributed by atoms with van der Waals surface area (Å²) in [7, 11) is 5.02. The maximum Gasteiger partial charge on any atom is 0.251 e. The minimum atomic E-state index is -0.280. The number of ether oxygens (including phenoxy) is 3. The van der Waals surface area contributed by atoms with Crippen LogP contribution < -0.4 is 24.8 Å². The molecule has 1 amide bonds. The van der Waals surface area contributed by atoms with Crippen molar-refractivity contribution in [1.29, 1.82) is 0 Å². The van der Waals surface area contributed by atoms with Gasteiger partial charge in [-0.05, 0) is 48.4 Å². The summed E-state index contributed by atoms with van der Waals surface area (Å²) in [5.74, 6) is 2.39. The van der Waals surface area contributed by atoms with Crippen molar-refractivity contribution in [1.82, 2.24) is 20.1 Å². The minimum absolute atomic E-state index is 0.175. The maximum absolute atomic E-state index is 12.8. The summed E-state index contributed by atoms with van der Waals surface area (Å²) in [6.07, 6.45) is 4.98. The van der Waals surface area contributed by atoms with E-state index in [1.807, 2.05) is 62.6 Å². The minimum Gasteiger partial charge on any atom is -0.493 e. The van der Waals surface area contributed by atoms with Crippen molar-refractivity contribution >= 4 is 17.4 Å². The third-order valence-electron chi connectivity index (χ3n) is 5.54. The predicted molar refractivity (Wildman–Crippen MR) is 137 cm³/mol. The van der Waals surface area contributed by atoms with Gasteiger partial charge >= 0.3 is 0 Å². The summed E-state index contributed by atoms with van der Waals surface area (Å²) in [5.41, 5.74) is 3.17. The zero-order chi connectivity index (χ0) is 25.5. The first-order chi connectivity index (χ1) is 17.4. The average molecular weight is 488 g/mol. The lowest BCUT2D eigenvalue weighted by molar-refractivity contribution is 0.0950. The fourth-order valence-corrected chi connectivity index (χ4v) is 3.67. The Hall–Kier alpha value is -4.53. The highest BCUT2D eigenvalue weighted by Gasteiger charge is 2.13. The molecule has 9 heteroatoms. The van der Waals surface area contributed by atoms with Crippen molar-refractivity contribution in [2.75, 3.05) is 19.5 Å². The van der Waals surface area contributed by atoms with Crippen LogP contribution in [0.4, 0.5) is 11.5 Å². The second-order valence-electron chi connectivity index (χ2n) is 8.16. The number of methoxy groups -OCH3 is 2. The van der Waals surface area contributed by atoms with Crippen LogP contribution >= 0.6 is 0 Å². The first kappa shape index (κ1) is 24.6. The number of aromatic nitrogens is 3. The molecule has 0 bridgehead atoms. The Kier molecular flexibility index (Phi) is 7.69. The summed E-state index contributed by atoms with van der Waals surface area (Å²) >= 11 is 0. The smallest absolute Gasteiger partial charge is 0.251 e. The van der Waals surface area contributed by atoms with Gasteiger partial charge in [-0.15, -0.1) is 0 Å². The molecule has 2 N–H and O–H groups in total. The summed E-state index contributed by atoms with van der Waals surface area (Å²) in [5, 5.41) is 10.3. The third-order valence-corrected chi connectivity index (χ3v) is 5.54. The molecule has 4 aromatic rings. The molecule has 1 atom stereocenters. The number of carbonyl (C=O) groups excluding carboxylic acids is 1. The molecule has 0 fully saturated rings. The Balaban J connectivity index is 1.38. The summed E-state index contributed by atoms with van der Waals surface area (Å²) in [4.78, 5) is 17.1. The summed E-state index contributed by atoms with van der Waals surface area (Å²) in [6, 6.07) is 16.6. The van der Waals surface area contributed by atoms with E-state index in [0.717, 1.165) is 16.8 Å². The van der Waals surface area contributed by atoms with Crippen molar-refractivity contribution in [3.63, 3.8) is 0 Å². The van der Waals surface area contributed by atoms with E-state index in [4.69, 9.17) is 14.2 Å². The number of pyridine rings is 1. The van der Waals surface area contributed by atoms with Crippen molar-refractivity contribution in [2.24, 2.45) is 7.05 Å². The monoisotopic (exact) mass is 487 g/mol. The Morgan fingerprint density at radius 1 is 1.06 bits per heavy atom. The number of hydrogen-bond acceptors (Lipinski definition) is 7. The van der Waals surface area contributed by atoms with Gasteiger partial charge in [0.1, 0.15) is 17.7 Å². The van der Waals surface area contributed by atoms with Gasteiger partial charge in [0.25, 0.3) is 5.91 Å². The zero-order valence-electron chi connectivity index (χ0n) is 20.7. The molecule has 2 heterocycles. The fraction of sp³-hybridized carbons (Fsp3) is 0.222. The molecule has 2 aromatic carbocycles. The number of nitrogens with one attached hydrogen (secondary N) is 2. The number of hydrogen-bond donors (Lipinski definition) is 2. The van der Waals surface area contributed by atoms with Gasteiger partial charge in [0.05, 0.1) is 26.1 Å². The van der Waals surface area contributed by atoms with Gasteiger partial charge < -0.3 is 24.8 Å². The molecular formula is C27H29N5O4. The van der Waals surface area contributed by atoms with E-state index in [1.165, 1.54) is 0 Å². The van der Waals surface area contributed by atoms with Crippen LogP contribution in [0.3, 0.4) is 0 Å². The van der Waals surface area contributed by atoms with Crippen LogP contribution in [0.1, 0.15) is 34.5 Å². The van der Waals surface area contributed by atoms with E-state index in [2.05, 4.69) is 20.7 Å². The molecule has 2 aromatic heterocycles. The van der Waals surface area contributed by atoms with E-state index in [-0.39, 0.29) is 12.0 Å². The lowest BCUT2D eigenvalue weighted by atomic mass is 10.1. The van der Waals surface area contributed by atoms with Crippen molar-refractivity contribution in [3.05, 3.63) is 89.9 Å². The Morgan fingerprint density at radius 3 is 2.64 bits per heavy atom. The molecule has 0 saturated carbocycles. The number of aryl methyl sites for hydroxylation is 1. The van der Waals surface area contributed by atoms with Crippen LogP contribution in [0, 0.1) is 0 Å². The maximum atomic E-state index is 12.8. The SMILES string of the molecule is COc1ccc(CNC(=O)c2cccc(C(C)Oc3ccnc(Nc4cnn(C)c4)c3)c2)cc1OC. The predicted octanol–water partition coefficient (Wildman–Crippen LogP) is 4.65. The number of benzene rings is 2. The standard InChI is InChI=1S/C27H29N5O4/c1-18(36-23-10-11-28-26(14-23)31-22-16-30-32(2)17-22)20-6-5-7-21(13-20)27(33)29-15-19-8-9-24(34-3)25(12-19)35-4/h5-14,16-18H,15H2,1-4H3,(H,28,31)(H,29,33). The molecule has 9 nitrogen and oxygen atoms in total. The molecular weight excluding hydrogens is 458 g/mol. The van der Waals surface area contributed by atoms with E-state index in [0.29, 0.717) is 35.2 Å². The van der Waals surface area contributed by atoms with Gasteiger partial charge in [-0.1, -0.05) is 18.2 Å². The van der Waals surface area contributed by atoms with E-state index < -0.39 is 0 Å². The fourth-order valence-electron chi connectivity index (χ4n) is 3.67. The number of anilines is 2. The molecule has 0 aliphatic heterocycles. The van der Waals surface area contributed by atoms with Gasteiger partial charge in [0.15, 0.2) is 11.5 Å². The second kappa shape index (κ2) is 11.3. The molecule has 0 saturated heterocycles. The summed E-state index contributed by atoms with van der Waals surface area (Å²) in [6.45, 7) is 2.30. The topological polar surface area (TPSA) is 99.5 Å². The van der Waals surface area contributed by atoms with E-state index in [1.54, 1.807) is 43.4 Å². The zero-order valence-corrected chi connectivity index (χ0v) is 20.7. The van der Waals surface area contributed by atoms with Crippen LogP contribution in [0.15, 0.2) is 73.2 Å². The number of amides is 1. The van der Waals surface area contributed by atoms with Gasteiger partial charge in [0, 0.05) is 37.6 Å². The van der Waals surface area contributed by atoms with E-state index >= 15 is 0 Å². The highest BCUT2D eigenvalue weighted by atomic mass is 16.5. The van der Waals surface area contributed by atoms with Crippen LogP contribution in [0.5, 0.6) is 17.2 Å². The lowest BCUT2D eigenvalue weighted by Gasteiger charge is -2.16. The highest BCUT2D eigenvalue weighted by Crippen LogP contribution is 2.28. The van der Waals surface area contributed by atoms with E-state index in [9.17, 15) is 4.79 Å². The lowest BCUT2D eigenvalue weighted by Crippen LogP contribution is -2.23. The molecule has 0 spiro atoms. The van der Waals surface area contributed by atoms with Gasteiger partial charge in [-0.3, -0.25) is 9.48 Å². The normalized spacial score (nSPS) is 11.4. The molecule has 0 aliphatic carbocycles. The molecule has 186 valence electrons. The van der Waals surface area contributed by atoms with Crippen molar-refractivity contribution in [3.8, 4) is 17.2 Å². The number of rotatable bonds is 10. The summed E-state index contributed by atoms with van der Waals surface area (Å²) < 4.78 is 18.4. The van der Waals surface area contributed by atoms with Crippen LogP contribution in [-0.2, 0) is 13.6 Å². The second-order valence-corrected chi connectivity index (χ2v) is 8.16. The average Bonchev–Trinajstić information content (AvgIpc) is 3.31. The van der Waals surface area contributed by atoms with Crippen LogP contribution in [-0.4, -0.2) is 34.9 Å². The molecule has 1 unspecified atom stereocenters. The molecule has 0 radical (unpaired) electrons. The molecule has 4 rings (SSSR count). The quantitative estimate of drug-likeness (QED) is 0.336. The molecule has 36 heavy (non-hydrogen) atoms. The van der Waals surface area contributed by atoms with Crippen molar-refractivity contribution < 1.29 is 19.0 Å². The highest BCUT2D eigenvalue weighted by molar-refractivity contribution is 5.94. The Morgan fingerprint density at radius 2 is 1.89 bits per heavy atom. The third kappa shape index (κ3) is 6.12. The Labute approximate surface area is 210 Å². The van der Waals surface area contributed by atoms with Crippen LogP contribution in [0.2, 0.25) is 0 Å². The molecule has 0 aliphatic rings. The number of carbonyl (C=O) groups is 1. The first-order valence-corrected chi connectivity index (χ1v) is 11.4. The van der Waals surface area contributed by atoms with Gasteiger partial charge in [-0.25, -0.2) is 4.98 Å². The first-order valence-electron chi connectivity index (χ1n) is 11.4. The van der Waals surface area contributed by atoms with Crippen molar-refractivity contribution in [2.45, 2.75) is 19.6 Å². The number of nitrogens with zero attached hydrogens (tertiary/aromatic N) is 3. The van der Waals surface area contributed by atoms with Gasteiger partial charge in [0.2, 0.25) is 0 Å². The van der Waals surface area contributed by atoms with Gasteiger partial charge in [-0.2, -0.15) is 5.10 Å².